The maximum atomic E-state index is 11.2. The molecule has 0 unspecified atom stereocenters. The van der Waals surface area contributed by atoms with E-state index in [1.165, 1.54) is 0 Å². The van der Waals surface area contributed by atoms with Crippen molar-refractivity contribution in [2.75, 3.05) is 6.54 Å². The average Bonchev–Trinajstić information content (AvgIpc) is 2.21. The van der Waals surface area contributed by atoms with E-state index in [-0.39, 0.29) is 5.91 Å². The van der Waals surface area contributed by atoms with Gasteiger partial charge in [0.2, 0.25) is 5.91 Å². The Labute approximate surface area is 91.6 Å². The molecular formula is C12H21NO2. The third kappa shape index (κ3) is 4.04. The van der Waals surface area contributed by atoms with E-state index in [0.29, 0.717) is 18.9 Å². The quantitative estimate of drug-likeness (QED) is 0.694. The molecule has 1 aliphatic carbocycles. The predicted molar refractivity (Wildman–Crippen MR) is 60.4 cm³/mol. The van der Waals surface area contributed by atoms with Gasteiger partial charge < -0.3 is 10.4 Å². The maximum Gasteiger partial charge on any atom is 0.223 e. The van der Waals surface area contributed by atoms with Gasteiger partial charge in [-0.15, -0.1) is 6.58 Å². The first-order chi connectivity index (χ1) is 7.06. The molecule has 0 spiro atoms. The zero-order valence-corrected chi connectivity index (χ0v) is 9.46. The number of nitrogens with one attached hydrogen (secondary N) is 1. The van der Waals surface area contributed by atoms with Crippen molar-refractivity contribution >= 4 is 5.91 Å². The van der Waals surface area contributed by atoms with Crippen LogP contribution in [0.25, 0.3) is 0 Å². The summed E-state index contributed by atoms with van der Waals surface area (Å²) in [6.45, 7) is 6.08. The Balaban J connectivity index is 2.30. The Morgan fingerprint density at radius 3 is 2.73 bits per heavy atom. The number of carbonyl (C=O) groups excluding carboxylic acids is 1. The molecule has 2 N–H and O–H groups in total. The minimum Gasteiger partial charge on any atom is -0.388 e. The number of carbonyl (C=O) groups is 1. The molecule has 0 aromatic rings. The molecule has 3 nitrogen and oxygen atoms in total. The van der Waals surface area contributed by atoms with Crippen molar-refractivity contribution in [1.29, 1.82) is 0 Å². The fourth-order valence-corrected chi connectivity index (χ4v) is 1.94. The van der Waals surface area contributed by atoms with Gasteiger partial charge in [0.05, 0.1) is 5.60 Å². The first-order valence-corrected chi connectivity index (χ1v) is 5.66. The first-order valence-electron chi connectivity index (χ1n) is 5.66. The smallest absolute Gasteiger partial charge is 0.223 e. The molecule has 0 radical (unpaired) electrons. The largest absolute Gasteiger partial charge is 0.388 e. The summed E-state index contributed by atoms with van der Waals surface area (Å²) in [6.07, 6.45) is 5.58. The van der Waals surface area contributed by atoms with Gasteiger partial charge in [-0.3, -0.25) is 4.79 Å². The summed E-state index contributed by atoms with van der Waals surface area (Å²) in [4.78, 5) is 11.2. The van der Waals surface area contributed by atoms with E-state index in [2.05, 4.69) is 18.8 Å². The Hall–Kier alpha value is -0.830. The second-order valence-corrected chi connectivity index (χ2v) is 4.68. The van der Waals surface area contributed by atoms with Crippen molar-refractivity contribution in [3.8, 4) is 0 Å². The second-order valence-electron chi connectivity index (χ2n) is 4.68. The minimum atomic E-state index is -0.677. The van der Waals surface area contributed by atoms with Gasteiger partial charge in [0, 0.05) is 13.0 Å². The molecule has 86 valence electrons. The van der Waals surface area contributed by atoms with Crippen LogP contribution in [-0.2, 0) is 4.79 Å². The van der Waals surface area contributed by atoms with Crippen molar-refractivity contribution in [3.05, 3.63) is 12.7 Å². The summed E-state index contributed by atoms with van der Waals surface area (Å²) < 4.78 is 0. The molecule has 3 heteroatoms. The fraction of sp³-hybridized carbons (Fsp3) is 0.750. The first kappa shape index (κ1) is 12.2. The number of rotatable bonds is 4. The summed E-state index contributed by atoms with van der Waals surface area (Å²) >= 11 is 0. The molecular weight excluding hydrogens is 190 g/mol. The number of hydrogen-bond donors (Lipinski definition) is 2. The van der Waals surface area contributed by atoms with Crippen LogP contribution in [0.2, 0.25) is 0 Å². The van der Waals surface area contributed by atoms with Crippen LogP contribution in [0.4, 0.5) is 0 Å². The Bertz CT molecular complexity index is 230. The summed E-state index contributed by atoms with van der Waals surface area (Å²) in [5, 5.41) is 12.9. The van der Waals surface area contributed by atoms with Crippen LogP contribution in [-0.4, -0.2) is 23.2 Å². The van der Waals surface area contributed by atoms with Crippen LogP contribution in [0.3, 0.4) is 0 Å². The van der Waals surface area contributed by atoms with Crippen molar-refractivity contribution in [2.45, 2.75) is 44.6 Å². The van der Waals surface area contributed by atoms with Crippen LogP contribution in [0.1, 0.15) is 39.0 Å². The van der Waals surface area contributed by atoms with Gasteiger partial charge >= 0.3 is 0 Å². The van der Waals surface area contributed by atoms with Crippen LogP contribution in [0, 0.1) is 5.92 Å². The molecule has 0 aromatic carbocycles. The third-order valence-electron chi connectivity index (χ3n) is 3.15. The normalized spacial score (nSPS) is 30.9. The van der Waals surface area contributed by atoms with Crippen molar-refractivity contribution in [3.63, 3.8) is 0 Å². The Morgan fingerprint density at radius 2 is 2.20 bits per heavy atom. The van der Waals surface area contributed by atoms with Crippen LogP contribution >= 0.6 is 0 Å². The van der Waals surface area contributed by atoms with Crippen molar-refractivity contribution < 1.29 is 9.90 Å². The zero-order valence-electron chi connectivity index (χ0n) is 9.46. The molecule has 0 saturated heterocycles. The van der Waals surface area contributed by atoms with Gasteiger partial charge in [-0.2, -0.15) is 0 Å². The summed E-state index contributed by atoms with van der Waals surface area (Å²) in [7, 11) is 0. The lowest BCUT2D eigenvalue weighted by Crippen LogP contribution is -2.45. The molecule has 1 amide bonds. The molecule has 0 atom stereocenters. The van der Waals surface area contributed by atoms with Crippen LogP contribution in [0.5, 0.6) is 0 Å². The monoisotopic (exact) mass is 211 g/mol. The molecule has 0 bridgehead atoms. The molecule has 1 saturated carbocycles. The van der Waals surface area contributed by atoms with Crippen LogP contribution in [0.15, 0.2) is 12.7 Å². The van der Waals surface area contributed by atoms with Crippen molar-refractivity contribution in [2.24, 2.45) is 5.92 Å². The molecule has 0 heterocycles. The number of aliphatic hydroxyl groups is 1. The number of hydrogen-bond acceptors (Lipinski definition) is 2. The summed E-state index contributed by atoms with van der Waals surface area (Å²) in [5.74, 6) is 0.645. The molecule has 15 heavy (non-hydrogen) atoms. The van der Waals surface area contributed by atoms with E-state index < -0.39 is 5.60 Å². The van der Waals surface area contributed by atoms with E-state index in [4.69, 9.17) is 0 Å². The third-order valence-corrected chi connectivity index (χ3v) is 3.15. The SMILES string of the molecule is C=CCC(=O)NCC1(O)CCC(C)CC1. The lowest BCUT2D eigenvalue weighted by molar-refractivity contribution is -0.122. The average molecular weight is 211 g/mol. The Morgan fingerprint density at radius 1 is 1.60 bits per heavy atom. The lowest BCUT2D eigenvalue weighted by atomic mass is 9.79. The topological polar surface area (TPSA) is 49.3 Å². The molecule has 0 aromatic heterocycles. The van der Waals surface area contributed by atoms with E-state index in [9.17, 15) is 9.90 Å². The highest BCUT2D eigenvalue weighted by Gasteiger charge is 2.31. The van der Waals surface area contributed by atoms with E-state index in [1.54, 1.807) is 6.08 Å². The van der Waals surface area contributed by atoms with Gasteiger partial charge in [-0.25, -0.2) is 0 Å². The highest BCUT2D eigenvalue weighted by Crippen LogP contribution is 2.31. The minimum absolute atomic E-state index is 0.0583. The van der Waals surface area contributed by atoms with Gasteiger partial charge in [0.25, 0.3) is 0 Å². The molecule has 1 fully saturated rings. The number of amides is 1. The van der Waals surface area contributed by atoms with Crippen molar-refractivity contribution in [1.82, 2.24) is 5.32 Å². The zero-order chi connectivity index (χ0) is 11.3. The van der Waals surface area contributed by atoms with E-state index >= 15 is 0 Å². The summed E-state index contributed by atoms with van der Waals surface area (Å²) in [5.41, 5.74) is -0.677. The van der Waals surface area contributed by atoms with Gasteiger partial charge in [-0.1, -0.05) is 13.0 Å². The Kier molecular flexibility index (Phi) is 4.33. The molecule has 1 rings (SSSR count). The standard InChI is InChI=1S/C12H21NO2/c1-3-4-11(14)13-9-12(15)7-5-10(2)6-8-12/h3,10,15H,1,4-9H2,2H3,(H,13,14). The summed E-state index contributed by atoms with van der Waals surface area (Å²) in [6, 6.07) is 0. The van der Waals surface area contributed by atoms with Gasteiger partial charge in [0.15, 0.2) is 0 Å². The molecule has 0 aliphatic heterocycles. The van der Waals surface area contributed by atoms with Gasteiger partial charge in [-0.05, 0) is 31.6 Å². The second kappa shape index (κ2) is 5.31. The lowest BCUT2D eigenvalue weighted by Gasteiger charge is -2.34. The predicted octanol–water partition coefficient (Wildman–Crippen LogP) is 1.62. The van der Waals surface area contributed by atoms with Gasteiger partial charge in [0.1, 0.15) is 0 Å². The highest BCUT2D eigenvalue weighted by molar-refractivity contribution is 5.77. The maximum absolute atomic E-state index is 11.2. The van der Waals surface area contributed by atoms with E-state index in [0.717, 1.165) is 25.7 Å². The molecule has 1 aliphatic rings. The van der Waals surface area contributed by atoms with E-state index in [1.807, 2.05) is 0 Å². The highest BCUT2D eigenvalue weighted by atomic mass is 16.3. The van der Waals surface area contributed by atoms with Crippen LogP contribution < -0.4 is 5.32 Å². The fourth-order valence-electron chi connectivity index (χ4n) is 1.94.